The lowest BCUT2D eigenvalue weighted by Crippen LogP contribution is -2.71. The number of ether oxygens (including phenoxy) is 1. The van der Waals surface area contributed by atoms with Gasteiger partial charge in [0.15, 0.2) is 11.3 Å². The second-order valence-corrected chi connectivity index (χ2v) is 13.9. The third-order valence-corrected chi connectivity index (χ3v) is 10.7. The molecule has 268 valence electrons. The van der Waals surface area contributed by atoms with Crippen LogP contribution < -0.4 is 5.32 Å². The fourth-order valence-corrected chi connectivity index (χ4v) is 7.72. The number of hydrogen-bond acceptors (Lipinski definition) is 7. The van der Waals surface area contributed by atoms with Gasteiger partial charge in [-0.05, 0) is 34.9 Å². The van der Waals surface area contributed by atoms with E-state index in [9.17, 15) is 45.5 Å². The van der Waals surface area contributed by atoms with Crippen LogP contribution in [0.4, 0.5) is 31.1 Å². The van der Waals surface area contributed by atoms with Gasteiger partial charge in [0, 0.05) is 56.2 Å². The van der Waals surface area contributed by atoms with E-state index in [0.717, 1.165) is 50.6 Å². The molecule has 3 aromatic rings. The summed E-state index contributed by atoms with van der Waals surface area (Å²) in [5, 5.41) is 6.96. The number of aromatic nitrogens is 2. The number of hydrogen-bond donors (Lipinski definition) is 1. The van der Waals surface area contributed by atoms with Crippen molar-refractivity contribution in [1.82, 2.24) is 29.8 Å². The van der Waals surface area contributed by atoms with Crippen LogP contribution in [0.3, 0.4) is 0 Å². The topological polar surface area (TPSA) is 117 Å². The van der Waals surface area contributed by atoms with Gasteiger partial charge in [-0.1, -0.05) is 24.3 Å². The fourth-order valence-electron chi connectivity index (χ4n) is 7.72. The van der Waals surface area contributed by atoms with Crippen molar-refractivity contribution < 1.29 is 50.3 Å². The van der Waals surface area contributed by atoms with Crippen LogP contribution in [0.5, 0.6) is 0 Å². The zero-order chi connectivity index (χ0) is 36.1. The van der Waals surface area contributed by atoms with Crippen LogP contribution in [0.25, 0.3) is 11.1 Å². The SMILES string of the molecule is O=C1C[C@]2(NC(=O)N(CC(=O)N(Cc3ccc(F)cc3)C3(C(F)(F)F)CC(F)(F)C3)C2=O)c2ccc(-c3cnn(C4CN(C5COC5)C4)c3)cc21. The van der Waals surface area contributed by atoms with Crippen LogP contribution in [-0.4, -0.2) is 105 Å². The third-order valence-electron chi connectivity index (χ3n) is 10.7. The number of imide groups is 1. The Morgan fingerprint density at radius 1 is 1.00 bits per heavy atom. The number of Topliss-reactive ketones (excluding diaryl/α,β-unsaturated/α-hetero) is 1. The molecule has 11 nitrogen and oxygen atoms in total. The quantitative estimate of drug-likeness (QED) is 0.277. The average Bonchev–Trinajstić information content (AvgIpc) is 3.66. The molecule has 17 heteroatoms. The number of fused-ring (bicyclic) bond motifs is 2. The van der Waals surface area contributed by atoms with Crippen molar-refractivity contribution in [1.29, 1.82) is 0 Å². The summed E-state index contributed by atoms with van der Waals surface area (Å²) in [4.78, 5) is 57.0. The van der Waals surface area contributed by atoms with Gasteiger partial charge in [-0.2, -0.15) is 18.3 Å². The molecular formula is C34H30F6N6O5. The van der Waals surface area contributed by atoms with E-state index >= 15 is 0 Å². The van der Waals surface area contributed by atoms with Crippen LogP contribution in [-0.2, 0) is 26.4 Å². The van der Waals surface area contributed by atoms with Crippen LogP contribution in [0.1, 0.15) is 46.8 Å². The largest absolute Gasteiger partial charge is 0.412 e. The van der Waals surface area contributed by atoms with Gasteiger partial charge in [-0.15, -0.1) is 0 Å². The van der Waals surface area contributed by atoms with Crippen LogP contribution in [0.2, 0.25) is 0 Å². The number of nitrogens with zero attached hydrogens (tertiary/aromatic N) is 5. The molecule has 1 N–H and O–H groups in total. The molecule has 4 fully saturated rings. The Hall–Kier alpha value is -4.77. The summed E-state index contributed by atoms with van der Waals surface area (Å²) in [6.45, 7) is 1.02. The molecule has 0 bridgehead atoms. The zero-order valence-electron chi connectivity index (χ0n) is 26.8. The summed E-state index contributed by atoms with van der Waals surface area (Å²) in [7, 11) is 0. The lowest BCUT2D eigenvalue weighted by Gasteiger charge is -2.54. The van der Waals surface area contributed by atoms with Crippen molar-refractivity contribution in [2.75, 3.05) is 32.8 Å². The predicted molar refractivity (Wildman–Crippen MR) is 164 cm³/mol. The normalized spacial score (nSPS) is 24.3. The lowest BCUT2D eigenvalue weighted by molar-refractivity contribution is -0.307. The summed E-state index contributed by atoms with van der Waals surface area (Å²) in [6, 6.07) is 8.29. The molecule has 4 heterocycles. The van der Waals surface area contributed by atoms with Gasteiger partial charge in [-0.3, -0.25) is 28.9 Å². The Morgan fingerprint density at radius 2 is 1.71 bits per heavy atom. The maximum absolute atomic E-state index is 14.5. The Bertz CT molecular complexity index is 1950. The molecule has 0 unspecified atom stereocenters. The molecule has 51 heavy (non-hydrogen) atoms. The first-order valence-corrected chi connectivity index (χ1v) is 16.3. The molecule has 2 aliphatic carbocycles. The van der Waals surface area contributed by atoms with E-state index in [2.05, 4.69) is 15.3 Å². The minimum Gasteiger partial charge on any atom is -0.378 e. The summed E-state index contributed by atoms with van der Waals surface area (Å²) in [6.07, 6.45) is -5.74. The molecule has 1 atom stereocenters. The summed E-state index contributed by atoms with van der Waals surface area (Å²) < 4.78 is 92.2. The molecule has 3 saturated heterocycles. The highest BCUT2D eigenvalue weighted by molar-refractivity contribution is 6.17. The second-order valence-electron chi connectivity index (χ2n) is 13.9. The van der Waals surface area contributed by atoms with Crippen molar-refractivity contribution in [3.05, 3.63) is 77.4 Å². The molecule has 1 saturated carbocycles. The Kier molecular flexibility index (Phi) is 7.44. The monoisotopic (exact) mass is 716 g/mol. The summed E-state index contributed by atoms with van der Waals surface area (Å²) in [5.41, 5.74) is -3.57. The first-order valence-electron chi connectivity index (χ1n) is 16.3. The number of urea groups is 1. The highest BCUT2D eigenvalue weighted by Crippen LogP contribution is 2.57. The third kappa shape index (κ3) is 5.30. The van der Waals surface area contributed by atoms with Gasteiger partial charge >= 0.3 is 12.2 Å². The van der Waals surface area contributed by atoms with Crippen LogP contribution >= 0.6 is 0 Å². The van der Waals surface area contributed by atoms with Gasteiger partial charge in [0.25, 0.3) is 11.8 Å². The summed E-state index contributed by atoms with van der Waals surface area (Å²) in [5.74, 6) is -7.39. The first-order chi connectivity index (χ1) is 24.1. The molecule has 5 aliphatic rings. The van der Waals surface area contributed by atoms with Crippen molar-refractivity contribution in [3.63, 3.8) is 0 Å². The van der Waals surface area contributed by atoms with Crippen molar-refractivity contribution in [3.8, 4) is 11.1 Å². The summed E-state index contributed by atoms with van der Waals surface area (Å²) >= 11 is 0. The second kappa shape index (κ2) is 11.4. The molecular weight excluding hydrogens is 686 g/mol. The van der Waals surface area contributed by atoms with E-state index in [0.29, 0.717) is 22.1 Å². The molecule has 3 aliphatic heterocycles. The maximum atomic E-state index is 14.5. The van der Waals surface area contributed by atoms with Crippen LogP contribution in [0, 0.1) is 5.82 Å². The van der Waals surface area contributed by atoms with E-state index in [4.69, 9.17) is 4.74 Å². The molecule has 2 aromatic carbocycles. The van der Waals surface area contributed by atoms with Gasteiger partial charge in [0.1, 0.15) is 17.9 Å². The number of halogens is 6. The standard InChI is InChI=1S/C34H30F6N6O5/c35-22-4-1-19(2-5-22)10-45(31(34(38,39)40)17-32(36,37)18-31)28(48)14-44-29(49)33(42-30(44)50)8-27(47)25-7-20(3-6-26(25)33)21-9-41-46(11-21)23-12-43(13-23)24-15-51-16-24/h1-7,9,11,23-24H,8,10,12-18H2,(H,42,50)/t33-/m0/s1. The van der Waals surface area contributed by atoms with E-state index < -0.39 is 85.0 Å². The Balaban J connectivity index is 1.03. The lowest BCUT2D eigenvalue weighted by atomic mass is 9.71. The number of ketones is 1. The number of alkyl halides is 5. The number of carbonyl (C=O) groups excluding carboxylic acids is 4. The number of likely N-dealkylation sites (tertiary alicyclic amines) is 1. The molecule has 1 spiro atoms. The van der Waals surface area contributed by atoms with Crippen LogP contribution in [0.15, 0.2) is 54.9 Å². The predicted octanol–water partition coefficient (Wildman–Crippen LogP) is 4.04. The smallest absolute Gasteiger partial charge is 0.378 e. The van der Waals surface area contributed by atoms with Crippen molar-refractivity contribution in [2.24, 2.45) is 0 Å². The van der Waals surface area contributed by atoms with Gasteiger partial charge < -0.3 is 15.0 Å². The average molecular weight is 717 g/mol. The Labute approximate surface area is 286 Å². The van der Waals surface area contributed by atoms with E-state index in [1.165, 1.54) is 6.07 Å². The van der Waals surface area contributed by atoms with Crippen molar-refractivity contribution >= 4 is 23.6 Å². The van der Waals surface area contributed by atoms with E-state index in [1.54, 1.807) is 18.3 Å². The molecule has 4 amide bonds. The van der Waals surface area contributed by atoms with E-state index in [1.807, 2.05) is 10.9 Å². The highest BCUT2D eigenvalue weighted by atomic mass is 19.4. The van der Waals surface area contributed by atoms with Gasteiger partial charge in [-0.25, -0.2) is 18.0 Å². The minimum absolute atomic E-state index is 0.00681. The van der Waals surface area contributed by atoms with Crippen molar-refractivity contribution in [2.45, 2.75) is 61.1 Å². The number of nitrogens with one attached hydrogen (secondary N) is 1. The molecule has 8 rings (SSSR count). The zero-order valence-corrected chi connectivity index (χ0v) is 26.8. The minimum atomic E-state index is -5.31. The number of rotatable bonds is 8. The fraction of sp³-hybridized carbons (Fsp3) is 0.441. The van der Waals surface area contributed by atoms with E-state index in [-0.39, 0.29) is 27.6 Å². The number of carbonyl (C=O) groups is 4. The maximum Gasteiger partial charge on any atom is 0.412 e. The first kappa shape index (κ1) is 33.4. The molecule has 1 aromatic heterocycles. The van der Waals surface area contributed by atoms with Gasteiger partial charge in [0.2, 0.25) is 5.91 Å². The highest BCUT2D eigenvalue weighted by Gasteiger charge is 2.73. The number of amides is 4. The Morgan fingerprint density at radius 3 is 2.33 bits per heavy atom. The van der Waals surface area contributed by atoms with Gasteiger partial charge in [0.05, 0.1) is 31.5 Å². The number of benzene rings is 2. The molecule has 0 radical (unpaired) electrons.